The van der Waals surface area contributed by atoms with E-state index in [0.717, 1.165) is 32.1 Å². The number of hydrogen-bond acceptors (Lipinski definition) is 4. The van der Waals surface area contributed by atoms with Crippen molar-refractivity contribution in [3.8, 4) is 0 Å². The lowest BCUT2D eigenvalue weighted by Crippen LogP contribution is -2.42. The van der Waals surface area contributed by atoms with Crippen molar-refractivity contribution >= 4 is 6.09 Å². The molecule has 3 N–H and O–H groups in total. The van der Waals surface area contributed by atoms with Crippen LogP contribution in [-0.4, -0.2) is 40.7 Å². The lowest BCUT2D eigenvalue weighted by Gasteiger charge is -2.35. The summed E-state index contributed by atoms with van der Waals surface area (Å²) in [7, 11) is 0. The predicted octanol–water partition coefficient (Wildman–Crippen LogP) is 4.65. The summed E-state index contributed by atoms with van der Waals surface area (Å²) in [6.45, 7) is 10.1. The Balaban J connectivity index is 2.65. The third-order valence-electron chi connectivity index (χ3n) is 5.75. The molecule has 27 heavy (non-hydrogen) atoms. The minimum absolute atomic E-state index is 0.0126. The van der Waals surface area contributed by atoms with Gasteiger partial charge in [-0.2, -0.15) is 0 Å². The van der Waals surface area contributed by atoms with Crippen LogP contribution >= 0.6 is 0 Å². The first-order chi connectivity index (χ1) is 12.6. The van der Waals surface area contributed by atoms with Gasteiger partial charge in [0.05, 0.1) is 12.2 Å². The van der Waals surface area contributed by atoms with E-state index in [0.29, 0.717) is 18.9 Å². The summed E-state index contributed by atoms with van der Waals surface area (Å²) in [5.41, 5.74) is -0.527. The molecule has 1 amide bonds. The van der Waals surface area contributed by atoms with Crippen LogP contribution in [0.3, 0.4) is 0 Å². The molecular formula is C22H43NO4. The smallest absolute Gasteiger partial charge is 0.407 e. The molecule has 1 unspecified atom stereocenters. The van der Waals surface area contributed by atoms with Gasteiger partial charge in [0.2, 0.25) is 0 Å². The molecule has 4 atom stereocenters. The van der Waals surface area contributed by atoms with Crippen molar-refractivity contribution in [1.82, 2.24) is 5.32 Å². The molecule has 1 aliphatic carbocycles. The van der Waals surface area contributed by atoms with Gasteiger partial charge in [0.25, 0.3) is 0 Å². The van der Waals surface area contributed by atoms with Crippen LogP contribution in [0.25, 0.3) is 0 Å². The number of hydrogen-bond donors (Lipinski definition) is 3. The Morgan fingerprint density at radius 2 is 1.78 bits per heavy atom. The highest BCUT2D eigenvalue weighted by atomic mass is 16.6. The fraction of sp³-hybridized carbons (Fsp3) is 0.955. The number of ether oxygens (including phenoxy) is 1. The summed E-state index contributed by atoms with van der Waals surface area (Å²) in [4.78, 5) is 12.1. The largest absolute Gasteiger partial charge is 0.444 e. The fourth-order valence-electron chi connectivity index (χ4n) is 4.11. The number of amides is 1. The molecule has 0 saturated heterocycles. The van der Waals surface area contributed by atoms with E-state index in [2.05, 4.69) is 12.2 Å². The van der Waals surface area contributed by atoms with E-state index in [9.17, 15) is 15.0 Å². The summed E-state index contributed by atoms with van der Waals surface area (Å²) in [6, 6.07) is 0. The Morgan fingerprint density at radius 3 is 2.33 bits per heavy atom. The van der Waals surface area contributed by atoms with Crippen molar-refractivity contribution in [2.75, 3.05) is 6.54 Å². The SMILES string of the molecule is CCCCC(O)[C@H](C)C[C@H](O)[C@H](CNC(=O)OC(C)(C)C)C1CCCCC1. The first-order valence-corrected chi connectivity index (χ1v) is 11.0. The van der Waals surface area contributed by atoms with Gasteiger partial charge in [-0.1, -0.05) is 58.8 Å². The zero-order chi connectivity index (χ0) is 20.4. The quantitative estimate of drug-likeness (QED) is 0.511. The molecule has 0 aromatic heterocycles. The van der Waals surface area contributed by atoms with Gasteiger partial charge in [0.1, 0.15) is 5.60 Å². The zero-order valence-electron chi connectivity index (χ0n) is 18.2. The third-order valence-corrected chi connectivity index (χ3v) is 5.75. The van der Waals surface area contributed by atoms with Crippen molar-refractivity contribution in [1.29, 1.82) is 0 Å². The molecule has 0 aliphatic heterocycles. The molecule has 0 heterocycles. The molecule has 0 spiro atoms. The number of carbonyl (C=O) groups is 1. The van der Waals surface area contributed by atoms with Crippen LogP contribution in [0.2, 0.25) is 0 Å². The van der Waals surface area contributed by atoms with Crippen molar-refractivity contribution in [2.45, 2.75) is 110 Å². The Labute approximate surface area is 166 Å². The Bertz CT molecular complexity index is 415. The molecule has 160 valence electrons. The number of alkyl carbamates (subject to hydrolysis) is 1. The van der Waals surface area contributed by atoms with Crippen LogP contribution in [0.1, 0.15) is 92.4 Å². The molecule has 1 rings (SSSR count). The highest BCUT2D eigenvalue weighted by molar-refractivity contribution is 5.67. The molecule has 1 aliphatic rings. The van der Waals surface area contributed by atoms with E-state index in [-0.39, 0.29) is 17.9 Å². The number of rotatable bonds is 10. The van der Waals surface area contributed by atoms with E-state index in [1.165, 1.54) is 19.3 Å². The monoisotopic (exact) mass is 385 g/mol. The minimum Gasteiger partial charge on any atom is -0.444 e. The van der Waals surface area contributed by atoms with Crippen LogP contribution in [0.15, 0.2) is 0 Å². The number of aliphatic hydroxyl groups is 2. The molecule has 1 fully saturated rings. The number of unbranched alkanes of at least 4 members (excludes halogenated alkanes) is 1. The Kier molecular flexibility index (Phi) is 10.7. The molecule has 5 heteroatoms. The molecular weight excluding hydrogens is 342 g/mol. The highest BCUT2D eigenvalue weighted by Gasteiger charge is 2.32. The standard InChI is InChI=1S/C22H43NO4/c1-6-7-13-19(24)16(2)14-20(25)18(17-11-9-8-10-12-17)15-23-21(26)27-22(3,4)5/h16-20,24-25H,6-15H2,1-5H3,(H,23,26)/t16-,18-,19?,20+/m1/s1. The van der Waals surface area contributed by atoms with Crippen molar-refractivity contribution in [3.05, 3.63) is 0 Å². The van der Waals surface area contributed by atoms with E-state index in [1.807, 2.05) is 27.7 Å². The molecule has 0 aromatic carbocycles. The van der Waals surface area contributed by atoms with E-state index in [4.69, 9.17) is 4.74 Å². The topological polar surface area (TPSA) is 78.8 Å². The summed E-state index contributed by atoms with van der Waals surface area (Å²) in [5, 5.41) is 24.2. The van der Waals surface area contributed by atoms with E-state index < -0.39 is 17.8 Å². The van der Waals surface area contributed by atoms with Gasteiger partial charge in [-0.25, -0.2) is 4.79 Å². The van der Waals surface area contributed by atoms with E-state index >= 15 is 0 Å². The van der Waals surface area contributed by atoms with Crippen molar-refractivity contribution in [3.63, 3.8) is 0 Å². The first-order valence-electron chi connectivity index (χ1n) is 11.0. The van der Waals surface area contributed by atoms with Gasteiger partial charge in [-0.15, -0.1) is 0 Å². The summed E-state index contributed by atoms with van der Waals surface area (Å²) < 4.78 is 5.35. The Hall–Kier alpha value is -0.810. The average molecular weight is 386 g/mol. The summed E-state index contributed by atoms with van der Waals surface area (Å²) in [5.74, 6) is 0.487. The van der Waals surface area contributed by atoms with Crippen LogP contribution < -0.4 is 5.32 Å². The summed E-state index contributed by atoms with van der Waals surface area (Å²) in [6.07, 6.45) is 7.96. The van der Waals surface area contributed by atoms with Crippen LogP contribution in [0.5, 0.6) is 0 Å². The lowest BCUT2D eigenvalue weighted by molar-refractivity contribution is 0.0103. The molecule has 0 radical (unpaired) electrons. The van der Waals surface area contributed by atoms with Crippen molar-refractivity contribution < 1.29 is 19.7 Å². The van der Waals surface area contributed by atoms with Gasteiger partial charge in [0.15, 0.2) is 0 Å². The second-order valence-corrected chi connectivity index (χ2v) is 9.43. The van der Waals surface area contributed by atoms with Crippen molar-refractivity contribution in [2.24, 2.45) is 17.8 Å². The second kappa shape index (κ2) is 11.9. The maximum absolute atomic E-state index is 12.1. The van der Waals surface area contributed by atoms with Gasteiger partial charge >= 0.3 is 6.09 Å². The number of nitrogens with one attached hydrogen (secondary N) is 1. The highest BCUT2D eigenvalue weighted by Crippen LogP contribution is 2.33. The minimum atomic E-state index is -0.527. The fourth-order valence-corrected chi connectivity index (χ4v) is 4.11. The molecule has 0 bridgehead atoms. The first kappa shape index (κ1) is 24.2. The zero-order valence-corrected chi connectivity index (χ0v) is 18.2. The Morgan fingerprint density at radius 1 is 1.15 bits per heavy atom. The second-order valence-electron chi connectivity index (χ2n) is 9.43. The van der Waals surface area contributed by atoms with Crippen LogP contribution in [0, 0.1) is 17.8 Å². The van der Waals surface area contributed by atoms with Gasteiger partial charge in [-0.05, 0) is 45.4 Å². The maximum Gasteiger partial charge on any atom is 0.407 e. The molecule has 5 nitrogen and oxygen atoms in total. The van der Waals surface area contributed by atoms with E-state index in [1.54, 1.807) is 0 Å². The molecule has 1 saturated carbocycles. The van der Waals surface area contributed by atoms with Crippen LogP contribution in [0.4, 0.5) is 4.79 Å². The number of carbonyl (C=O) groups excluding carboxylic acids is 1. The predicted molar refractivity (Wildman–Crippen MR) is 110 cm³/mol. The third kappa shape index (κ3) is 9.79. The average Bonchev–Trinajstić information content (AvgIpc) is 2.59. The summed E-state index contributed by atoms with van der Waals surface area (Å²) >= 11 is 0. The van der Waals surface area contributed by atoms with Gasteiger partial charge in [-0.3, -0.25) is 0 Å². The lowest BCUT2D eigenvalue weighted by atomic mass is 9.75. The molecule has 0 aromatic rings. The van der Waals surface area contributed by atoms with Gasteiger partial charge in [0, 0.05) is 12.5 Å². The van der Waals surface area contributed by atoms with Crippen LogP contribution in [-0.2, 0) is 4.74 Å². The normalized spacial score (nSPS) is 20.6. The van der Waals surface area contributed by atoms with Gasteiger partial charge < -0.3 is 20.3 Å². The maximum atomic E-state index is 12.1. The number of aliphatic hydroxyl groups excluding tert-OH is 2.